The van der Waals surface area contributed by atoms with Gasteiger partial charge in [0.05, 0.1) is 29.2 Å². The molecule has 0 unspecified atom stereocenters. The summed E-state index contributed by atoms with van der Waals surface area (Å²) in [6.45, 7) is 3.02. The van der Waals surface area contributed by atoms with Crippen molar-refractivity contribution in [2.75, 3.05) is 6.54 Å². The summed E-state index contributed by atoms with van der Waals surface area (Å²) in [5.74, 6) is 1.50. The summed E-state index contributed by atoms with van der Waals surface area (Å²) in [7, 11) is 0. The molecule has 0 saturated heterocycles. The minimum atomic E-state index is -0.0568. The van der Waals surface area contributed by atoms with Gasteiger partial charge in [-0.15, -0.1) is 10.2 Å². The molecule has 0 spiro atoms. The maximum Gasteiger partial charge on any atom is 0.251 e. The number of amides is 1. The van der Waals surface area contributed by atoms with Crippen LogP contribution in [0.5, 0.6) is 0 Å². The van der Waals surface area contributed by atoms with Crippen LogP contribution in [-0.2, 0) is 17.8 Å². The molecular formula is C19H19N5O3. The van der Waals surface area contributed by atoms with Gasteiger partial charge in [-0.1, -0.05) is 12.1 Å². The summed E-state index contributed by atoms with van der Waals surface area (Å²) < 4.78 is 12.8. The van der Waals surface area contributed by atoms with E-state index in [1.807, 2.05) is 35.8 Å². The van der Waals surface area contributed by atoms with E-state index in [9.17, 15) is 4.79 Å². The Morgan fingerprint density at radius 3 is 2.96 bits per heavy atom. The molecule has 138 valence electrons. The minimum Gasteiger partial charge on any atom is -0.469 e. The fourth-order valence-corrected chi connectivity index (χ4v) is 2.88. The highest BCUT2D eigenvalue weighted by Crippen LogP contribution is 2.22. The molecule has 0 saturated carbocycles. The van der Waals surface area contributed by atoms with Gasteiger partial charge in [0, 0.05) is 25.9 Å². The fraction of sp³-hybridized carbons (Fsp3) is 0.263. The number of rotatable bonds is 7. The van der Waals surface area contributed by atoms with Crippen LogP contribution in [0.3, 0.4) is 0 Å². The molecular weight excluding hydrogens is 346 g/mol. The third-order valence-electron chi connectivity index (χ3n) is 4.32. The number of hydrogen-bond acceptors (Lipinski definition) is 6. The molecule has 0 fully saturated rings. The van der Waals surface area contributed by atoms with Crippen molar-refractivity contribution < 1.29 is 13.6 Å². The number of imidazole rings is 1. The van der Waals surface area contributed by atoms with Gasteiger partial charge in [0.25, 0.3) is 5.89 Å². The number of furan rings is 1. The van der Waals surface area contributed by atoms with E-state index in [1.165, 1.54) is 0 Å². The van der Waals surface area contributed by atoms with Crippen LogP contribution in [-0.4, -0.2) is 32.2 Å². The molecule has 0 radical (unpaired) electrons. The quantitative estimate of drug-likeness (QED) is 0.541. The minimum absolute atomic E-state index is 0.0568. The molecule has 8 heteroatoms. The van der Waals surface area contributed by atoms with E-state index in [4.69, 9.17) is 8.83 Å². The van der Waals surface area contributed by atoms with Crippen molar-refractivity contribution >= 4 is 16.9 Å². The number of fused-ring (bicyclic) bond motifs is 1. The molecule has 4 rings (SSSR count). The average molecular weight is 365 g/mol. The molecule has 3 aromatic heterocycles. The van der Waals surface area contributed by atoms with Crippen molar-refractivity contribution in [3.63, 3.8) is 0 Å². The Hall–Kier alpha value is -3.42. The van der Waals surface area contributed by atoms with Crippen LogP contribution >= 0.6 is 0 Å². The first-order valence-electron chi connectivity index (χ1n) is 8.74. The summed E-state index contributed by atoms with van der Waals surface area (Å²) in [5, 5.41) is 10.9. The van der Waals surface area contributed by atoms with Gasteiger partial charge in [0.1, 0.15) is 5.76 Å². The van der Waals surface area contributed by atoms with Gasteiger partial charge in [0.15, 0.2) is 0 Å². The standard InChI is InChI=1S/C19H19N5O3/c1-13-14(8-11-26-13)19-23-22-18(27-19)7-6-17(25)20-9-10-24-12-21-15-4-2-3-5-16(15)24/h2-5,8,11-12H,6-7,9-10H2,1H3,(H,20,25). The molecule has 27 heavy (non-hydrogen) atoms. The molecule has 1 amide bonds. The lowest BCUT2D eigenvalue weighted by Gasteiger charge is -2.06. The van der Waals surface area contributed by atoms with Gasteiger partial charge in [-0.2, -0.15) is 0 Å². The molecule has 0 aliphatic rings. The number of aryl methyl sites for hydroxylation is 2. The van der Waals surface area contributed by atoms with E-state index >= 15 is 0 Å². The zero-order chi connectivity index (χ0) is 18.6. The Morgan fingerprint density at radius 2 is 2.11 bits per heavy atom. The molecule has 0 atom stereocenters. The Labute approximate surface area is 155 Å². The van der Waals surface area contributed by atoms with E-state index in [2.05, 4.69) is 20.5 Å². The first-order chi connectivity index (χ1) is 13.2. The molecule has 3 heterocycles. The number of benzene rings is 1. The Morgan fingerprint density at radius 1 is 1.22 bits per heavy atom. The molecule has 8 nitrogen and oxygen atoms in total. The summed E-state index contributed by atoms with van der Waals surface area (Å²) in [4.78, 5) is 16.4. The van der Waals surface area contributed by atoms with Crippen molar-refractivity contribution in [1.82, 2.24) is 25.1 Å². The number of carbonyl (C=O) groups excluding carboxylic acids is 1. The summed E-state index contributed by atoms with van der Waals surface area (Å²) in [6.07, 6.45) is 4.04. The summed E-state index contributed by atoms with van der Waals surface area (Å²) in [6, 6.07) is 9.69. The average Bonchev–Trinajstić information content (AvgIpc) is 3.40. The zero-order valence-electron chi connectivity index (χ0n) is 14.9. The second-order valence-corrected chi connectivity index (χ2v) is 6.17. The van der Waals surface area contributed by atoms with Gasteiger partial charge in [-0.05, 0) is 25.1 Å². The van der Waals surface area contributed by atoms with Gasteiger partial charge in [0.2, 0.25) is 11.8 Å². The normalized spacial score (nSPS) is 11.1. The fourth-order valence-electron chi connectivity index (χ4n) is 2.88. The van der Waals surface area contributed by atoms with Gasteiger partial charge in [-0.3, -0.25) is 4.79 Å². The van der Waals surface area contributed by atoms with Gasteiger partial charge in [-0.25, -0.2) is 4.98 Å². The number of aromatic nitrogens is 4. The predicted molar refractivity (Wildman–Crippen MR) is 97.8 cm³/mol. The van der Waals surface area contributed by atoms with Gasteiger partial charge < -0.3 is 18.7 Å². The first kappa shape index (κ1) is 17.0. The Balaban J connectivity index is 1.25. The molecule has 1 aromatic carbocycles. The van der Waals surface area contributed by atoms with Crippen LogP contribution < -0.4 is 5.32 Å². The summed E-state index contributed by atoms with van der Waals surface area (Å²) >= 11 is 0. The third kappa shape index (κ3) is 3.74. The Bertz CT molecular complexity index is 1060. The van der Waals surface area contributed by atoms with Crippen LogP contribution in [0.4, 0.5) is 0 Å². The highest BCUT2D eigenvalue weighted by atomic mass is 16.4. The maximum absolute atomic E-state index is 12.1. The third-order valence-corrected chi connectivity index (χ3v) is 4.32. The highest BCUT2D eigenvalue weighted by Gasteiger charge is 2.13. The van der Waals surface area contributed by atoms with Crippen molar-refractivity contribution in [3.05, 3.63) is 54.6 Å². The second-order valence-electron chi connectivity index (χ2n) is 6.17. The monoisotopic (exact) mass is 365 g/mol. The van der Waals surface area contributed by atoms with E-state index in [-0.39, 0.29) is 12.3 Å². The van der Waals surface area contributed by atoms with Crippen molar-refractivity contribution in [1.29, 1.82) is 0 Å². The highest BCUT2D eigenvalue weighted by molar-refractivity contribution is 5.76. The smallest absolute Gasteiger partial charge is 0.251 e. The van der Waals surface area contributed by atoms with Crippen LogP contribution in [0.25, 0.3) is 22.5 Å². The molecule has 0 bridgehead atoms. The number of hydrogen-bond donors (Lipinski definition) is 1. The van der Waals surface area contributed by atoms with Crippen LogP contribution in [0.2, 0.25) is 0 Å². The molecule has 0 aliphatic heterocycles. The maximum atomic E-state index is 12.1. The lowest BCUT2D eigenvalue weighted by atomic mass is 10.2. The van der Waals surface area contributed by atoms with E-state index in [0.717, 1.165) is 22.4 Å². The topological polar surface area (TPSA) is 99.0 Å². The lowest BCUT2D eigenvalue weighted by Crippen LogP contribution is -2.27. The molecule has 4 aromatic rings. The summed E-state index contributed by atoms with van der Waals surface area (Å²) in [5.41, 5.74) is 2.77. The van der Waals surface area contributed by atoms with E-state index in [1.54, 1.807) is 18.7 Å². The van der Waals surface area contributed by atoms with Crippen LogP contribution in [0, 0.1) is 6.92 Å². The van der Waals surface area contributed by atoms with Gasteiger partial charge >= 0.3 is 0 Å². The first-order valence-corrected chi connectivity index (χ1v) is 8.74. The second kappa shape index (κ2) is 7.45. The van der Waals surface area contributed by atoms with Crippen molar-refractivity contribution in [3.8, 4) is 11.5 Å². The zero-order valence-corrected chi connectivity index (χ0v) is 14.9. The van der Waals surface area contributed by atoms with Crippen LogP contribution in [0.1, 0.15) is 18.1 Å². The lowest BCUT2D eigenvalue weighted by molar-refractivity contribution is -0.121. The Kier molecular flexibility index (Phi) is 4.69. The van der Waals surface area contributed by atoms with Crippen molar-refractivity contribution in [2.45, 2.75) is 26.3 Å². The van der Waals surface area contributed by atoms with Crippen molar-refractivity contribution in [2.24, 2.45) is 0 Å². The van der Waals surface area contributed by atoms with Crippen LogP contribution in [0.15, 0.2) is 51.8 Å². The number of nitrogens with zero attached hydrogens (tertiary/aromatic N) is 4. The largest absolute Gasteiger partial charge is 0.469 e. The SMILES string of the molecule is Cc1occc1-c1nnc(CCC(=O)NCCn2cnc3ccccc32)o1. The molecule has 0 aliphatic carbocycles. The predicted octanol–water partition coefficient (Wildman–Crippen LogP) is 2.74. The molecule has 1 N–H and O–H groups in total. The van der Waals surface area contributed by atoms with E-state index in [0.29, 0.717) is 31.3 Å². The van der Waals surface area contributed by atoms with E-state index < -0.39 is 0 Å². The number of para-hydroxylation sites is 2. The number of nitrogens with one attached hydrogen (secondary N) is 1. The number of carbonyl (C=O) groups is 1.